The van der Waals surface area contributed by atoms with Gasteiger partial charge in [0.1, 0.15) is 9.66 Å². The van der Waals surface area contributed by atoms with Crippen molar-refractivity contribution in [2.45, 2.75) is 6.92 Å². The number of rotatable bonds is 3. The van der Waals surface area contributed by atoms with Gasteiger partial charge in [-0.25, -0.2) is 0 Å². The lowest BCUT2D eigenvalue weighted by molar-refractivity contribution is 1.17. The Kier molecular flexibility index (Phi) is 5.38. The van der Waals surface area contributed by atoms with E-state index in [1.807, 2.05) is 0 Å². The summed E-state index contributed by atoms with van der Waals surface area (Å²) in [5.74, 6) is 0. The molecular formula is C6H7Cl3N2. The van der Waals surface area contributed by atoms with Gasteiger partial charge in [-0.2, -0.15) is 0 Å². The van der Waals surface area contributed by atoms with Gasteiger partial charge in [-0.15, -0.1) is 0 Å². The molecule has 0 heterocycles. The second-order valence-corrected chi connectivity index (χ2v) is 3.13. The van der Waals surface area contributed by atoms with Crippen LogP contribution in [0.1, 0.15) is 6.92 Å². The van der Waals surface area contributed by atoms with Crippen molar-refractivity contribution in [3.05, 3.63) is 22.5 Å². The van der Waals surface area contributed by atoms with Crippen molar-refractivity contribution in [3.8, 4) is 0 Å². The Labute approximate surface area is 80.3 Å². The lowest BCUT2D eigenvalue weighted by Crippen LogP contribution is -1.97. The van der Waals surface area contributed by atoms with Crippen molar-refractivity contribution in [3.63, 3.8) is 0 Å². The minimum Gasteiger partial charge on any atom is -0.365 e. The van der Waals surface area contributed by atoms with Crippen LogP contribution in [0, 0.1) is 5.41 Å². The second kappa shape index (κ2) is 5.47. The molecule has 0 spiro atoms. The van der Waals surface area contributed by atoms with Crippen molar-refractivity contribution >= 4 is 40.0 Å². The number of hydrogen-bond donors (Lipinski definition) is 2. The third-order valence-electron chi connectivity index (χ3n) is 0.838. The van der Waals surface area contributed by atoms with Gasteiger partial charge in [-0.3, -0.25) is 5.41 Å². The summed E-state index contributed by atoms with van der Waals surface area (Å²) in [6.45, 7) is 1.69. The smallest absolute Gasteiger partial charge is 0.125 e. The molecule has 0 amide bonds. The summed E-state index contributed by atoms with van der Waals surface area (Å²) in [5, 5.41) is 9.59. The van der Waals surface area contributed by atoms with Crippen LogP contribution >= 0.6 is 34.8 Å². The Morgan fingerprint density at radius 2 is 1.82 bits per heavy atom. The van der Waals surface area contributed by atoms with Gasteiger partial charge in [0.05, 0.1) is 0 Å². The molecule has 0 fully saturated rings. The van der Waals surface area contributed by atoms with Crippen LogP contribution in [0.4, 0.5) is 0 Å². The minimum atomic E-state index is -0.0170. The normalized spacial score (nSPS) is 10.7. The van der Waals surface area contributed by atoms with E-state index >= 15 is 0 Å². The largest absolute Gasteiger partial charge is 0.365 e. The van der Waals surface area contributed by atoms with E-state index < -0.39 is 0 Å². The average Bonchev–Trinajstić information content (AvgIpc) is 1.86. The molecule has 62 valence electrons. The Hall–Kier alpha value is -0.180. The molecule has 0 saturated heterocycles. The minimum absolute atomic E-state index is 0.0170. The molecule has 0 atom stereocenters. The summed E-state index contributed by atoms with van der Waals surface area (Å²) in [5.41, 5.74) is 0.609. The fourth-order valence-electron chi connectivity index (χ4n) is 0.293. The number of hydrogen-bond acceptors (Lipinski definition) is 2. The highest BCUT2D eigenvalue weighted by atomic mass is 35.5. The zero-order valence-corrected chi connectivity index (χ0v) is 8.06. The molecule has 5 heteroatoms. The molecule has 2 nitrogen and oxygen atoms in total. The number of allylic oxidation sites excluding steroid dienone is 1. The monoisotopic (exact) mass is 212 g/mol. The van der Waals surface area contributed by atoms with Crippen LogP contribution in [0.2, 0.25) is 0 Å². The van der Waals surface area contributed by atoms with Crippen molar-refractivity contribution in [2.24, 2.45) is 0 Å². The Balaban J connectivity index is 3.94. The first-order valence-electron chi connectivity index (χ1n) is 2.72. The highest BCUT2D eigenvalue weighted by molar-refractivity contribution is 6.68. The van der Waals surface area contributed by atoms with Gasteiger partial charge in [0.2, 0.25) is 0 Å². The SMILES string of the molecule is C/C(=C/NC=C(Cl)Cl)C(=N)Cl. The topological polar surface area (TPSA) is 35.9 Å². The van der Waals surface area contributed by atoms with Crippen LogP contribution in [0.25, 0.3) is 0 Å². The zero-order chi connectivity index (χ0) is 8.85. The van der Waals surface area contributed by atoms with Gasteiger partial charge in [0, 0.05) is 18.0 Å². The summed E-state index contributed by atoms with van der Waals surface area (Å²) >= 11 is 15.9. The van der Waals surface area contributed by atoms with Crippen LogP contribution in [-0.4, -0.2) is 5.17 Å². The van der Waals surface area contributed by atoms with E-state index in [1.165, 1.54) is 12.4 Å². The molecule has 0 aliphatic carbocycles. The summed E-state index contributed by atoms with van der Waals surface area (Å²) in [7, 11) is 0. The zero-order valence-electron chi connectivity index (χ0n) is 5.79. The van der Waals surface area contributed by atoms with Crippen LogP contribution < -0.4 is 5.32 Å². The average molecular weight is 213 g/mol. The van der Waals surface area contributed by atoms with Crippen LogP contribution in [0.3, 0.4) is 0 Å². The third kappa shape index (κ3) is 6.23. The van der Waals surface area contributed by atoms with Crippen molar-refractivity contribution in [1.82, 2.24) is 5.32 Å². The lowest BCUT2D eigenvalue weighted by atomic mass is 10.4. The fraction of sp³-hybridized carbons (Fsp3) is 0.167. The molecule has 11 heavy (non-hydrogen) atoms. The predicted octanol–water partition coefficient (Wildman–Crippen LogP) is 2.97. The maximum absolute atomic E-state index is 6.96. The molecule has 0 bridgehead atoms. The van der Waals surface area contributed by atoms with Gasteiger partial charge >= 0.3 is 0 Å². The highest BCUT2D eigenvalue weighted by Gasteiger charge is 1.91. The Morgan fingerprint density at radius 3 is 2.18 bits per heavy atom. The number of halogens is 3. The van der Waals surface area contributed by atoms with E-state index in [9.17, 15) is 0 Å². The molecule has 0 aromatic heterocycles. The summed E-state index contributed by atoms with van der Waals surface area (Å²) in [6.07, 6.45) is 2.91. The van der Waals surface area contributed by atoms with Crippen molar-refractivity contribution in [2.75, 3.05) is 0 Å². The number of nitrogens with one attached hydrogen (secondary N) is 2. The van der Waals surface area contributed by atoms with Crippen molar-refractivity contribution < 1.29 is 0 Å². The van der Waals surface area contributed by atoms with E-state index in [2.05, 4.69) is 5.32 Å². The summed E-state index contributed by atoms with van der Waals surface area (Å²) < 4.78 is 0.121. The first-order valence-corrected chi connectivity index (χ1v) is 3.86. The molecule has 0 aromatic rings. The van der Waals surface area contributed by atoms with E-state index in [0.29, 0.717) is 5.57 Å². The molecule has 0 rings (SSSR count). The second-order valence-electron chi connectivity index (χ2n) is 1.74. The summed E-state index contributed by atoms with van der Waals surface area (Å²) in [4.78, 5) is 0. The summed E-state index contributed by atoms with van der Waals surface area (Å²) in [6, 6.07) is 0. The predicted molar refractivity (Wildman–Crippen MR) is 50.3 cm³/mol. The molecule has 0 aliphatic rings. The van der Waals surface area contributed by atoms with Crippen LogP contribution in [0.15, 0.2) is 22.5 Å². The van der Waals surface area contributed by atoms with E-state index in [0.717, 1.165) is 0 Å². The van der Waals surface area contributed by atoms with Gasteiger partial charge in [-0.1, -0.05) is 34.8 Å². The lowest BCUT2D eigenvalue weighted by Gasteiger charge is -1.94. The molecule has 2 N–H and O–H groups in total. The molecule has 0 radical (unpaired) electrons. The quantitative estimate of drug-likeness (QED) is 0.695. The van der Waals surface area contributed by atoms with E-state index in [-0.39, 0.29) is 9.66 Å². The van der Waals surface area contributed by atoms with Gasteiger partial charge in [-0.05, 0) is 6.92 Å². The maximum Gasteiger partial charge on any atom is 0.125 e. The fourth-order valence-corrected chi connectivity index (χ4v) is 0.474. The van der Waals surface area contributed by atoms with Gasteiger partial charge in [0.15, 0.2) is 0 Å². The van der Waals surface area contributed by atoms with Crippen molar-refractivity contribution in [1.29, 1.82) is 5.41 Å². The van der Waals surface area contributed by atoms with Crippen LogP contribution in [0.5, 0.6) is 0 Å². The highest BCUT2D eigenvalue weighted by Crippen LogP contribution is 2.04. The Bertz CT molecular complexity index is 204. The van der Waals surface area contributed by atoms with Crippen LogP contribution in [-0.2, 0) is 0 Å². The maximum atomic E-state index is 6.96. The third-order valence-corrected chi connectivity index (χ3v) is 1.35. The molecule has 0 saturated carbocycles. The Morgan fingerprint density at radius 1 is 1.27 bits per heavy atom. The van der Waals surface area contributed by atoms with Gasteiger partial charge < -0.3 is 5.32 Å². The molecule has 0 unspecified atom stereocenters. The molecular weight excluding hydrogens is 206 g/mol. The molecule has 0 aromatic carbocycles. The van der Waals surface area contributed by atoms with Gasteiger partial charge in [0.25, 0.3) is 0 Å². The van der Waals surface area contributed by atoms with E-state index in [4.69, 9.17) is 40.2 Å². The first kappa shape index (κ1) is 10.8. The standard InChI is InChI=1S/C6H7Cl3N2/c1-4(6(9)10)2-11-3-5(7)8/h2-3,10-11H,1H3/b4-2-,10-6?. The molecule has 0 aliphatic heterocycles. The van der Waals surface area contributed by atoms with E-state index in [1.54, 1.807) is 6.92 Å². The first-order chi connectivity index (χ1) is 5.04.